The van der Waals surface area contributed by atoms with Crippen LogP contribution in [0.5, 0.6) is 0 Å². The molecule has 21 heavy (non-hydrogen) atoms. The molecule has 2 fully saturated rings. The predicted molar refractivity (Wildman–Crippen MR) is 80.5 cm³/mol. The molecule has 2 bridgehead atoms. The summed E-state index contributed by atoms with van der Waals surface area (Å²) in [4.78, 5) is 14.7. The van der Waals surface area contributed by atoms with Crippen LogP contribution in [-0.4, -0.2) is 36.0 Å². The Kier molecular flexibility index (Phi) is 3.85. The standard InChI is InChI=1S/C16H22FN3O/c1-20-12-3-2-4-13(20)9-11(8-12)19-16(21)14-7-10(18)5-6-15(14)17/h5-7,11-13H,2-4,8-9,18H2,1H3,(H,19,21). The number of nitrogens with zero attached hydrogens (tertiary/aromatic N) is 1. The molecule has 1 aromatic rings. The number of nitrogen functional groups attached to an aromatic ring is 1. The lowest BCUT2D eigenvalue weighted by molar-refractivity contribution is 0.0462. The van der Waals surface area contributed by atoms with Gasteiger partial charge in [-0.15, -0.1) is 0 Å². The maximum atomic E-state index is 13.7. The van der Waals surface area contributed by atoms with Crippen LogP contribution in [0.3, 0.4) is 0 Å². The van der Waals surface area contributed by atoms with Crippen LogP contribution in [0.2, 0.25) is 0 Å². The summed E-state index contributed by atoms with van der Waals surface area (Å²) in [5.74, 6) is -0.873. The number of hydrogen-bond donors (Lipinski definition) is 2. The fourth-order valence-corrected chi connectivity index (χ4v) is 3.71. The van der Waals surface area contributed by atoms with Gasteiger partial charge in [-0.25, -0.2) is 4.39 Å². The Morgan fingerprint density at radius 1 is 1.33 bits per heavy atom. The van der Waals surface area contributed by atoms with E-state index < -0.39 is 5.82 Å². The molecule has 1 aromatic carbocycles. The van der Waals surface area contributed by atoms with Gasteiger partial charge >= 0.3 is 0 Å². The lowest BCUT2D eigenvalue weighted by atomic mass is 9.82. The minimum atomic E-state index is -0.519. The molecule has 2 saturated heterocycles. The number of carbonyl (C=O) groups is 1. The Hall–Kier alpha value is -1.62. The maximum Gasteiger partial charge on any atom is 0.254 e. The number of nitrogens with one attached hydrogen (secondary N) is 1. The van der Waals surface area contributed by atoms with Crippen molar-refractivity contribution in [3.8, 4) is 0 Å². The van der Waals surface area contributed by atoms with E-state index in [0.717, 1.165) is 12.8 Å². The third-order valence-electron chi connectivity index (χ3n) is 4.91. The third kappa shape index (κ3) is 2.88. The largest absolute Gasteiger partial charge is 0.399 e. The number of nitrogens with two attached hydrogens (primary N) is 1. The van der Waals surface area contributed by atoms with Crippen LogP contribution in [0.4, 0.5) is 10.1 Å². The summed E-state index contributed by atoms with van der Waals surface area (Å²) in [5.41, 5.74) is 6.08. The quantitative estimate of drug-likeness (QED) is 0.821. The summed E-state index contributed by atoms with van der Waals surface area (Å²) in [6, 6.07) is 5.31. The van der Waals surface area contributed by atoms with Crippen molar-refractivity contribution in [2.45, 2.75) is 50.2 Å². The Labute approximate surface area is 124 Å². The molecule has 2 aliphatic heterocycles. The zero-order chi connectivity index (χ0) is 15.0. The molecule has 5 heteroatoms. The second kappa shape index (κ2) is 5.64. The fourth-order valence-electron chi connectivity index (χ4n) is 3.71. The first-order chi connectivity index (χ1) is 10.0. The lowest BCUT2D eigenvalue weighted by Gasteiger charge is -2.47. The summed E-state index contributed by atoms with van der Waals surface area (Å²) < 4.78 is 13.7. The van der Waals surface area contributed by atoms with Gasteiger partial charge in [0.1, 0.15) is 5.82 Å². The molecule has 0 spiro atoms. The molecule has 2 atom stereocenters. The molecule has 114 valence electrons. The monoisotopic (exact) mass is 291 g/mol. The number of piperidine rings is 2. The van der Waals surface area contributed by atoms with E-state index in [2.05, 4.69) is 17.3 Å². The second-order valence-corrected chi connectivity index (χ2v) is 6.29. The first kappa shape index (κ1) is 14.3. The predicted octanol–water partition coefficient (Wildman–Crippen LogP) is 2.15. The van der Waals surface area contributed by atoms with Gasteiger partial charge in [-0.1, -0.05) is 6.42 Å². The number of amides is 1. The molecular formula is C16H22FN3O. The van der Waals surface area contributed by atoms with Crippen LogP contribution < -0.4 is 11.1 Å². The number of halogens is 1. The van der Waals surface area contributed by atoms with E-state index in [1.165, 1.54) is 37.5 Å². The highest BCUT2D eigenvalue weighted by Crippen LogP contribution is 2.32. The first-order valence-corrected chi connectivity index (χ1v) is 7.62. The topological polar surface area (TPSA) is 58.4 Å². The van der Waals surface area contributed by atoms with Crippen molar-refractivity contribution < 1.29 is 9.18 Å². The molecule has 0 radical (unpaired) electrons. The molecule has 3 rings (SSSR count). The summed E-state index contributed by atoms with van der Waals surface area (Å²) in [6.45, 7) is 0. The zero-order valence-electron chi connectivity index (χ0n) is 12.3. The number of carbonyl (C=O) groups excluding carboxylic acids is 1. The highest BCUT2D eigenvalue weighted by Gasteiger charge is 2.36. The van der Waals surface area contributed by atoms with E-state index in [1.807, 2.05) is 0 Å². The molecular weight excluding hydrogens is 269 g/mol. The van der Waals surface area contributed by atoms with Gasteiger partial charge in [-0.3, -0.25) is 4.79 Å². The maximum absolute atomic E-state index is 13.7. The number of benzene rings is 1. The molecule has 0 aliphatic carbocycles. The van der Waals surface area contributed by atoms with Gasteiger partial charge in [0.25, 0.3) is 5.91 Å². The van der Waals surface area contributed by atoms with Crippen LogP contribution in [0.1, 0.15) is 42.5 Å². The molecule has 2 unspecified atom stereocenters. The molecule has 2 aliphatic rings. The van der Waals surface area contributed by atoms with Crippen LogP contribution in [0.25, 0.3) is 0 Å². The number of anilines is 1. The van der Waals surface area contributed by atoms with Crippen LogP contribution in [-0.2, 0) is 0 Å². The Bertz CT molecular complexity index is 534. The van der Waals surface area contributed by atoms with E-state index in [0.29, 0.717) is 17.8 Å². The van der Waals surface area contributed by atoms with Crippen molar-refractivity contribution in [3.05, 3.63) is 29.6 Å². The minimum absolute atomic E-state index is 0.0408. The molecule has 2 heterocycles. The molecule has 0 aromatic heterocycles. The van der Waals surface area contributed by atoms with Gasteiger partial charge in [0.2, 0.25) is 0 Å². The van der Waals surface area contributed by atoms with Crippen LogP contribution in [0, 0.1) is 5.82 Å². The summed E-state index contributed by atoms with van der Waals surface area (Å²) >= 11 is 0. The highest BCUT2D eigenvalue weighted by molar-refractivity contribution is 5.95. The Balaban J connectivity index is 1.69. The highest BCUT2D eigenvalue weighted by atomic mass is 19.1. The Morgan fingerprint density at radius 2 is 2.00 bits per heavy atom. The van der Waals surface area contributed by atoms with Gasteiger partial charge in [0, 0.05) is 23.8 Å². The van der Waals surface area contributed by atoms with Crippen molar-refractivity contribution in [1.29, 1.82) is 0 Å². The normalized spacial score (nSPS) is 29.1. The third-order valence-corrected chi connectivity index (χ3v) is 4.91. The van der Waals surface area contributed by atoms with Crippen molar-refractivity contribution in [1.82, 2.24) is 10.2 Å². The zero-order valence-corrected chi connectivity index (χ0v) is 12.3. The van der Waals surface area contributed by atoms with Crippen molar-refractivity contribution in [2.75, 3.05) is 12.8 Å². The van der Waals surface area contributed by atoms with Gasteiger partial charge in [-0.05, 0) is 50.9 Å². The molecule has 3 N–H and O–H groups in total. The average Bonchev–Trinajstić information content (AvgIpc) is 2.42. The van der Waals surface area contributed by atoms with E-state index in [1.54, 1.807) is 0 Å². The van der Waals surface area contributed by atoms with E-state index in [9.17, 15) is 9.18 Å². The molecule has 4 nitrogen and oxygen atoms in total. The summed E-state index contributed by atoms with van der Waals surface area (Å²) in [6.07, 6.45) is 5.54. The van der Waals surface area contributed by atoms with E-state index in [-0.39, 0.29) is 17.5 Å². The van der Waals surface area contributed by atoms with E-state index >= 15 is 0 Å². The molecule has 0 saturated carbocycles. The van der Waals surface area contributed by atoms with Gasteiger partial charge < -0.3 is 16.0 Å². The summed E-state index contributed by atoms with van der Waals surface area (Å²) in [5, 5.41) is 2.99. The van der Waals surface area contributed by atoms with Crippen molar-refractivity contribution >= 4 is 11.6 Å². The smallest absolute Gasteiger partial charge is 0.254 e. The number of fused-ring (bicyclic) bond motifs is 2. The van der Waals surface area contributed by atoms with E-state index in [4.69, 9.17) is 5.73 Å². The molecule has 1 amide bonds. The Morgan fingerprint density at radius 3 is 2.67 bits per heavy atom. The first-order valence-electron chi connectivity index (χ1n) is 7.62. The van der Waals surface area contributed by atoms with Gasteiger partial charge in [0.05, 0.1) is 5.56 Å². The number of rotatable bonds is 2. The van der Waals surface area contributed by atoms with Gasteiger partial charge in [-0.2, -0.15) is 0 Å². The average molecular weight is 291 g/mol. The summed E-state index contributed by atoms with van der Waals surface area (Å²) in [7, 11) is 2.17. The number of hydrogen-bond acceptors (Lipinski definition) is 3. The fraction of sp³-hybridized carbons (Fsp3) is 0.562. The van der Waals surface area contributed by atoms with Crippen molar-refractivity contribution in [2.24, 2.45) is 0 Å². The van der Waals surface area contributed by atoms with Crippen molar-refractivity contribution in [3.63, 3.8) is 0 Å². The lowest BCUT2D eigenvalue weighted by Crippen LogP contribution is -2.55. The van der Waals surface area contributed by atoms with Crippen LogP contribution >= 0.6 is 0 Å². The minimum Gasteiger partial charge on any atom is -0.399 e. The van der Waals surface area contributed by atoms with Gasteiger partial charge in [0.15, 0.2) is 0 Å². The van der Waals surface area contributed by atoms with Crippen LogP contribution in [0.15, 0.2) is 18.2 Å². The second-order valence-electron chi connectivity index (χ2n) is 6.29. The SMILES string of the molecule is CN1C2CCCC1CC(NC(=O)c1cc(N)ccc1F)C2.